The molecule has 1 aromatic carbocycles. The van der Waals surface area contributed by atoms with E-state index in [0.29, 0.717) is 0 Å². The quantitative estimate of drug-likeness (QED) is 0.227. The van der Waals surface area contributed by atoms with Crippen LogP contribution in [0.5, 0.6) is 0 Å². The molecule has 0 unspecified atom stereocenters. The molecule has 0 aliphatic carbocycles. The first-order valence-electron chi connectivity index (χ1n) is 2.83. The normalized spacial score (nSPS) is 9.15. The fourth-order valence-electron chi connectivity index (χ4n) is 0.592. The first-order valence-corrected chi connectivity index (χ1v) is 4.27. The van der Waals surface area contributed by atoms with Gasteiger partial charge in [0.25, 0.3) is 10.1 Å². The molecule has 1 aromatic rings. The molecule has 0 radical (unpaired) electrons. The van der Waals surface area contributed by atoms with Crippen molar-refractivity contribution in [3.63, 3.8) is 0 Å². The van der Waals surface area contributed by atoms with Gasteiger partial charge < -0.3 is 1.43 Å². The van der Waals surface area contributed by atoms with E-state index in [9.17, 15) is 8.42 Å². The third-order valence-electron chi connectivity index (χ3n) is 1.04. The zero-order chi connectivity index (χ0) is 9.61. The van der Waals surface area contributed by atoms with E-state index in [1.165, 1.54) is 12.1 Å². The van der Waals surface area contributed by atoms with Gasteiger partial charge in [-0.05, 0) is 12.1 Å². The van der Waals surface area contributed by atoms with E-state index in [0.717, 1.165) is 0 Å². The van der Waals surface area contributed by atoms with Crippen LogP contribution in [0.4, 0.5) is 0 Å². The Balaban J connectivity index is -0.000000284. The zero-order valence-corrected chi connectivity index (χ0v) is 10.9. The largest absolute Gasteiger partial charge is 1.00 e. The zero-order valence-electron chi connectivity index (χ0n) is 7.95. The van der Waals surface area contributed by atoms with Crippen LogP contribution in [-0.4, -0.2) is 23.5 Å². The van der Waals surface area contributed by atoms with Gasteiger partial charge in [-0.1, -0.05) is 18.2 Å². The standard InChI is InChI=1S/C6H6O3S.K.H2O2.H/c7-10(8,9)6-4-2-1-3-5-6;;1-2;/h1-5H,(H,7,8,9);;1-2H;/q;+1;;-1. The molecular weight excluding hydrogens is 223 g/mol. The molecular formula is C6H9KO5S. The second-order valence-corrected chi connectivity index (χ2v) is 3.21. The van der Waals surface area contributed by atoms with Crippen LogP contribution in [-0.2, 0) is 10.1 Å². The molecule has 0 atom stereocenters. The maximum absolute atomic E-state index is 10.4. The minimum Gasteiger partial charge on any atom is -1.00 e. The summed E-state index contributed by atoms with van der Waals surface area (Å²) in [6.45, 7) is 0. The second-order valence-electron chi connectivity index (χ2n) is 1.79. The molecule has 3 N–H and O–H groups in total. The van der Waals surface area contributed by atoms with E-state index in [2.05, 4.69) is 0 Å². The van der Waals surface area contributed by atoms with E-state index in [1.54, 1.807) is 18.2 Å². The Morgan fingerprint density at radius 2 is 1.46 bits per heavy atom. The Labute approximate surface area is 120 Å². The van der Waals surface area contributed by atoms with Gasteiger partial charge in [-0.15, -0.1) is 0 Å². The molecule has 0 aromatic heterocycles. The molecule has 0 spiro atoms. The average Bonchev–Trinajstić information content (AvgIpc) is 2.08. The predicted molar refractivity (Wildman–Crippen MR) is 42.6 cm³/mol. The molecule has 70 valence electrons. The molecule has 0 saturated heterocycles. The van der Waals surface area contributed by atoms with Crippen molar-refractivity contribution in [2.75, 3.05) is 0 Å². The first kappa shape index (κ1) is 16.1. The summed E-state index contributed by atoms with van der Waals surface area (Å²) in [5.41, 5.74) is 0. The SMILES string of the molecule is O=S(=O)(O)c1ccccc1.OO.[H-].[K+]. The van der Waals surface area contributed by atoms with Gasteiger partial charge >= 0.3 is 51.4 Å². The number of hydrogen-bond donors (Lipinski definition) is 3. The number of hydrogen-bond acceptors (Lipinski definition) is 4. The van der Waals surface area contributed by atoms with Crippen molar-refractivity contribution in [2.45, 2.75) is 4.90 Å². The van der Waals surface area contributed by atoms with Crippen LogP contribution >= 0.6 is 0 Å². The maximum Gasteiger partial charge on any atom is 1.00 e. The van der Waals surface area contributed by atoms with Crippen LogP contribution in [0.1, 0.15) is 1.43 Å². The van der Waals surface area contributed by atoms with Gasteiger partial charge in [0.2, 0.25) is 0 Å². The number of rotatable bonds is 1. The molecule has 0 fully saturated rings. The third kappa shape index (κ3) is 6.72. The third-order valence-corrected chi connectivity index (χ3v) is 1.91. The first-order chi connectivity index (χ1) is 5.61. The van der Waals surface area contributed by atoms with E-state index in [1.807, 2.05) is 0 Å². The molecule has 7 heteroatoms. The molecule has 13 heavy (non-hydrogen) atoms. The molecule has 0 heterocycles. The fraction of sp³-hybridized carbons (Fsp3) is 0. The van der Waals surface area contributed by atoms with Gasteiger partial charge in [0.1, 0.15) is 0 Å². The summed E-state index contributed by atoms with van der Waals surface area (Å²) in [4.78, 5) is -0.0741. The summed E-state index contributed by atoms with van der Waals surface area (Å²) in [6.07, 6.45) is 0. The Morgan fingerprint density at radius 3 is 1.69 bits per heavy atom. The van der Waals surface area contributed by atoms with Crippen molar-refractivity contribution in [3.8, 4) is 0 Å². The van der Waals surface area contributed by atoms with E-state index in [4.69, 9.17) is 15.1 Å². The van der Waals surface area contributed by atoms with Crippen molar-refractivity contribution in [3.05, 3.63) is 30.3 Å². The Morgan fingerprint density at radius 1 is 1.08 bits per heavy atom. The van der Waals surface area contributed by atoms with Crippen LogP contribution in [0.3, 0.4) is 0 Å². The van der Waals surface area contributed by atoms with Crippen LogP contribution in [0.15, 0.2) is 35.2 Å². The van der Waals surface area contributed by atoms with Crippen LogP contribution < -0.4 is 51.4 Å². The molecule has 0 aliphatic rings. The van der Waals surface area contributed by atoms with Crippen LogP contribution in [0.25, 0.3) is 0 Å². The summed E-state index contributed by atoms with van der Waals surface area (Å²) >= 11 is 0. The van der Waals surface area contributed by atoms with Gasteiger partial charge in [0.05, 0.1) is 4.90 Å². The van der Waals surface area contributed by atoms with Crippen molar-refractivity contribution in [1.29, 1.82) is 0 Å². The monoisotopic (exact) mass is 232 g/mol. The smallest absolute Gasteiger partial charge is 1.00 e. The van der Waals surface area contributed by atoms with E-state index < -0.39 is 10.1 Å². The Kier molecular flexibility index (Phi) is 9.97. The second kappa shape index (κ2) is 8.03. The summed E-state index contributed by atoms with van der Waals surface area (Å²) in [7, 11) is -4.00. The van der Waals surface area contributed by atoms with Crippen molar-refractivity contribution in [2.24, 2.45) is 0 Å². The predicted octanol–water partition coefficient (Wildman–Crippen LogP) is -1.93. The van der Waals surface area contributed by atoms with Gasteiger partial charge in [-0.2, -0.15) is 8.42 Å². The minimum atomic E-state index is -4.00. The van der Waals surface area contributed by atoms with Gasteiger partial charge in [-0.3, -0.25) is 15.1 Å². The molecule has 5 nitrogen and oxygen atoms in total. The molecule has 1 rings (SSSR count). The maximum atomic E-state index is 10.4. The van der Waals surface area contributed by atoms with E-state index >= 15 is 0 Å². The summed E-state index contributed by atoms with van der Waals surface area (Å²) < 4.78 is 29.2. The average molecular weight is 232 g/mol. The van der Waals surface area contributed by atoms with Gasteiger partial charge in [0, 0.05) is 0 Å². The minimum absolute atomic E-state index is 0. The fourth-order valence-corrected chi connectivity index (χ4v) is 1.09. The van der Waals surface area contributed by atoms with Crippen LogP contribution in [0, 0.1) is 0 Å². The van der Waals surface area contributed by atoms with Crippen molar-refractivity contribution < 1.29 is 76.3 Å². The molecule has 0 amide bonds. The van der Waals surface area contributed by atoms with E-state index in [-0.39, 0.29) is 57.7 Å². The Hall–Kier alpha value is 0.686. The summed E-state index contributed by atoms with van der Waals surface area (Å²) in [6, 6.07) is 7.42. The topological polar surface area (TPSA) is 94.8 Å². The van der Waals surface area contributed by atoms with Crippen molar-refractivity contribution in [1.82, 2.24) is 0 Å². The van der Waals surface area contributed by atoms with Gasteiger partial charge in [0.15, 0.2) is 0 Å². The molecule has 0 saturated carbocycles. The summed E-state index contributed by atoms with van der Waals surface area (Å²) in [5.74, 6) is 0. The Bertz CT molecular complexity index is 314. The summed E-state index contributed by atoms with van der Waals surface area (Å²) in [5, 5.41) is 12.0. The van der Waals surface area contributed by atoms with Gasteiger partial charge in [-0.25, -0.2) is 0 Å². The number of benzene rings is 1. The van der Waals surface area contributed by atoms with Crippen LogP contribution in [0.2, 0.25) is 0 Å². The molecule has 0 bridgehead atoms. The van der Waals surface area contributed by atoms with Crippen molar-refractivity contribution >= 4 is 10.1 Å². The molecule has 0 aliphatic heterocycles.